The van der Waals surface area contributed by atoms with Gasteiger partial charge in [0.05, 0.1) is 28.1 Å². The monoisotopic (exact) mass is 503 g/mol. The first kappa shape index (κ1) is 24.4. The first-order valence-corrected chi connectivity index (χ1v) is 13.6. The molecule has 0 saturated heterocycles. The van der Waals surface area contributed by atoms with Gasteiger partial charge >= 0.3 is 0 Å². The SMILES string of the molecule is O=C(N[C@H]1c2ccccc2C[C@H]1O)[C@H](Cc1ccccc1)C[C@H](O)CC1=Cc2ccccc2S1(=O)=O. The van der Waals surface area contributed by atoms with E-state index in [9.17, 15) is 23.4 Å². The summed E-state index contributed by atoms with van der Waals surface area (Å²) in [6, 6.07) is 23.4. The van der Waals surface area contributed by atoms with Gasteiger partial charge in [-0.2, -0.15) is 0 Å². The van der Waals surface area contributed by atoms with Crippen LogP contribution in [0.4, 0.5) is 0 Å². The van der Waals surface area contributed by atoms with Gasteiger partial charge in [0.15, 0.2) is 0 Å². The Morgan fingerprint density at radius 2 is 1.64 bits per heavy atom. The predicted molar refractivity (Wildman–Crippen MR) is 138 cm³/mol. The fourth-order valence-corrected chi connectivity index (χ4v) is 6.92. The zero-order valence-electron chi connectivity index (χ0n) is 19.7. The normalized spacial score (nSPS) is 21.2. The second-order valence-corrected chi connectivity index (χ2v) is 11.6. The Balaban J connectivity index is 1.33. The molecule has 0 radical (unpaired) electrons. The quantitative estimate of drug-likeness (QED) is 0.436. The average molecular weight is 504 g/mol. The van der Waals surface area contributed by atoms with Gasteiger partial charge in [0.1, 0.15) is 0 Å². The van der Waals surface area contributed by atoms with Gasteiger partial charge in [-0.25, -0.2) is 8.42 Å². The summed E-state index contributed by atoms with van der Waals surface area (Å²) < 4.78 is 25.9. The van der Waals surface area contributed by atoms with Gasteiger partial charge in [-0.15, -0.1) is 0 Å². The minimum Gasteiger partial charge on any atom is -0.393 e. The lowest BCUT2D eigenvalue weighted by molar-refractivity contribution is -0.127. The number of benzene rings is 3. The van der Waals surface area contributed by atoms with Crippen LogP contribution in [0.2, 0.25) is 0 Å². The molecule has 36 heavy (non-hydrogen) atoms. The summed E-state index contributed by atoms with van der Waals surface area (Å²) >= 11 is 0. The van der Waals surface area contributed by atoms with Crippen molar-refractivity contribution in [3.05, 3.63) is 106 Å². The summed E-state index contributed by atoms with van der Waals surface area (Å²) in [6.07, 6.45) is 0.742. The van der Waals surface area contributed by atoms with Gasteiger partial charge in [-0.05, 0) is 47.2 Å². The zero-order chi connectivity index (χ0) is 25.3. The number of amides is 1. The first-order valence-electron chi connectivity index (χ1n) is 12.2. The Hall–Kier alpha value is -3.26. The van der Waals surface area contributed by atoms with Gasteiger partial charge in [-0.1, -0.05) is 72.8 Å². The van der Waals surface area contributed by atoms with Gasteiger partial charge < -0.3 is 15.5 Å². The molecule has 0 bridgehead atoms. The largest absolute Gasteiger partial charge is 0.393 e. The van der Waals surface area contributed by atoms with Crippen molar-refractivity contribution in [1.82, 2.24) is 5.32 Å². The van der Waals surface area contributed by atoms with E-state index in [4.69, 9.17) is 0 Å². The number of aliphatic hydroxyl groups is 2. The molecule has 0 aromatic heterocycles. The lowest BCUT2D eigenvalue weighted by Crippen LogP contribution is -2.39. The molecule has 186 valence electrons. The van der Waals surface area contributed by atoms with E-state index in [1.165, 1.54) is 0 Å². The molecule has 1 aliphatic carbocycles. The van der Waals surface area contributed by atoms with Crippen molar-refractivity contribution in [2.75, 3.05) is 0 Å². The van der Waals surface area contributed by atoms with E-state index >= 15 is 0 Å². The highest BCUT2D eigenvalue weighted by molar-refractivity contribution is 7.95. The number of carbonyl (C=O) groups excluding carboxylic acids is 1. The summed E-state index contributed by atoms with van der Waals surface area (Å²) in [5.41, 5.74) is 3.47. The molecule has 7 heteroatoms. The van der Waals surface area contributed by atoms with Crippen LogP contribution >= 0.6 is 0 Å². The summed E-state index contributed by atoms with van der Waals surface area (Å²) in [6.45, 7) is 0. The van der Waals surface area contributed by atoms with E-state index in [0.29, 0.717) is 18.4 Å². The topological polar surface area (TPSA) is 104 Å². The van der Waals surface area contributed by atoms with Crippen LogP contribution < -0.4 is 5.32 Å². The van der Waals surface area contributed by atoms with Crippen molar-refractivity contribution in [2.45, 2.75) is 48.8 Å². The minimum atomic E-state index is -3.65. The smallest absolute Gasteiger partial charge is 0.224 e. The molecule has 3 N–H and O–H groups in total. The van der Waals surface area contributed by atoms with Gasteiger partial charge in [0.25, 0.3) is 0 Å². The van der Waals surface area contributed by atoms with Crippen LogP contribution in [0, 0.1) is 5.92 Å². The molecule has 0 spiro atoms. The molecule has 6 nitrogen and oxygen atoms in total. The highest BCUT2D eigenvalue weighted by Gasteiger charge is 2.35. The second-order valence-electron chi connectivity index (χ2n) is 9.59. The maximum absolute atomic E-state index is 13.5. The van der Waals surface area contributed by atoms with Crippen molar-refractivity contribution in [3.63, 3.8) is 0 Å². The first-order chi connectivity index (χ1) is 17.3. The number of carbonyl (C=O) groups is 1. The Bertz CT molecular complexity index is 1400. The maximum atomic E-state index is 13.5. The summed E-state index contributed by atoms with van der Waals surface area (Å²) in [5, 5.41) is 24.6. The van der Waals surface area contributed by atoms with Crippen molar-refractivity contribution in [3.8, 4) is 0 Å². The van der Waals surface area contributed by atoms with Crippen LogP contribution in [-0.4, -0.2) is 36.7 Å². The summed E-state index contributed by atoms with van der Waals surface area (Å²) in [5.74, 6) is -0.875. The molecule has 4 atom stereocenters. The van der Waals surface area contributed by atoms with Crippen molar-refractivity contribution in [1.29, 1.82) is 0 Å². The fraction of sp³-hybridized carbons (Fsp3) is 0.276. The van der Waals surface area contributed by atoms with Crippen LogP contribution in [0.1, 0.15) is 41.1 Å². The molecule has 5 rings (SSSR count). The molecule has 2 aliphatic rings. The minimum absolute atomic E-state index is 0.0650. The molecule has 1 aliphatic heterocycles. The number of rotatable bonds is 8. The molecule has 1 amide bonds. The van der Waals surface area contributed by atoms with E-state index in [1.807, 2.05) is 54.6 Å². The van der Waals surface area contributed by atoms with E-state index in [0.717, 1.165) is 16.7 Å². The highest BCUT2D eigenvalue weighted by Crippen LogP contribution is 2.36. The Morgan fingerprint density at radius 3 is 2.42 bits per heavy atom. The van der Waals surface area contributed by atoms with Crippen LogP contribution in [0.5, 0.6) is 0 Å². The van der Waals surface area contributed by atoms with E-state index < -0.39 is 34.0 Å². The predicted octanol–water partition coefficient (Wildman–Crippen LogP) is 3.59. The van der Waals surface area contributed by atoms with Crippen LogP contribution in [0.15, 0.2) is 88.7 Å². The third-order valence-electron chi connectivity index (χ3n) is 7.06. The molecule has 3 aromatic carbocycles. The molecule has 0 saturated carbocycles. The van der Waals surface area contributed by atoms with Crippen LogP contribution in [-0.2, 0) is 27.5 Å². The Labute approximate surface area is 211 Å². The fourth-order valence-electron chi connectivity index (χ4n) is 5.25. The number of aliphatic hydroxyl groups excluding tert-OH is 2. The third-order valence-corrected chi connectivity index (χ3v) is 8.99. The van der Waals surface area contributed by atoms with E-state index in [1.54, 1.807) is 30.3 Å². The van der Waals surface area contributed by atoms with Gasteiger partial charge in [-0.3, -0.25) is 4.79 Å². The Kier molecular flexibility index (Phi) is 6.79. The van der Waals surface area contributed by atoms with Crippen molar-refractivity contribution in [2.24, 2.45) is 5.92 Å². The lowest BCUT2D eigenvalue weighted by Gasteiger charge is -2.24. The molecular weight excluding hydrogens is 474 g/mol. The standard InChI is InChI=1S/C29H29NO5S/c31-23(18-24-16-21-11-5-7-13-27(21)36(24,34)35)15-22(14-19-8-2-1-3-9-19)29(33)30-28-25-12-6-4-10-20(25)17-26(28)32/h1-13,16,22-23,26,28,31-32H,14-15,17-18H2,(H,30,33)/t22-,23+,26-,28+/m1/s1. The van der Waals surface area contributed by atoms with E-state index in [-0.39, 0.29) is 28.5 Å². The van der Waals surface area contributed by atoms with Crippen LogP contribution in [0.25, 0.3) is 6.08 Å². The molecule has 0 fully saturated rings. The van der Waals surface area contributed by atoms with E-state index in [2.05, 4.69) is 5.32 Å². The molecule has 0 unspecified atom stereocenters. The van der Waals surface area contributed by atoms with Crippen molar-refractivity contribution < 1.29 is 23.4 Å². The summed E-state index contributed by atoms with van der Waals surface area (Å²) in [4.78, 5) is 13.9. The lowest BCUT2D eigenvalue weighted by atomic mass is 9.91. The van der Waals surface area contributed by atoms with Crippen molar-refractivity contribution >= 4 is 21.8 Å². The number of nitrogens with one attached hydrogen (secondary N) is 1. The second kappa shape index (κ2) is 10.0. The number of fused-ring (bicyclic) bond motifs is 2. The van der Waals surface area contributed by atoms with Gasteiger partial charge in [0.2, 0.25) is 15.7 Å². The maximum Gasteiger partial charge on any atom is 0.224 e. The molecule has 3 aromatic rings. The zero-order valence-corrected chi connectivity index (χ0v) is 20.6. The third kappa shape index (κ3) is 4.87. The average Bonchev–Trinajstić information content (AvgIpc) is 3.31. The highest BCUT2D eigenvalue weighted by atomic mass is 32.2. The van der Waals surface area contributed by atoms with Gasteiger partial charge in [0, 0.05) is 18.8 Å². The number of sulfone groups is 1. The molecule has 1 heterocycles. The van der Waals surface area contributed by atoms with Crippen LogP contribution in [0.3, 0.4) is 0 Å². The number of hydrogen-bond acceptors (Lipinski definition) is 5. The molecular formula is C29H29NO5S. The summed E-state index contributed by atoms with van der Waals surface area (Å²) in [7, 11) is -3.65. The Morgan fingerprint density at radius 1 is 0.944 bits per heavy atom. The number of hydrogen-bond donors (Lipinski definition) is 3.